The van der Waals surface area contributed by atoms with Crippen LogP contribution in [0.3, 0.4) is 0 Å². The summed E-state index contributed by atoms with van der Waals surface area (Å²) >= 11 is 1.55. The highest BCUT2D eigenvalue weighted by molar-refractivity contribution is 7.99. The average Bonchev–Trinajstić information content (AvgIpc) is 2.50. The molecule has 0 aromatic heterocycles. The number of nitrogens with one attached hydrogen (secondary N) is 1. The Hall–Kier alpha value is -2.14. The Kier molecular flexibility index (Phi) is 5.11. The molecule has 21 heavy (non-hydrogen) atoms. The molecule has 0 fully saturated rings. The molecule has 0 atom stereocenters. The van der Waals surface area contributed by atoms with E-state index in [1.54, 1.807) is 31.0 Å². The third-order valence-electron chi connectivity index (χ3n) is 2.90. The van der Waals surface area contributed by atoms with Gasteiger partial charge in [0.15, 0.2) is 0 Å². The molecule has 3 N–H and O–H groups in total. The minimum Gasteiger partial charge on any atom is -0.497 e. The van der Waals surface area contributed by atoms with Gasteiger partial charge in [-0.25, -0.2) is 0 Å². The van der Waals surface area contributed by atoms with Gasteiger partial charge in [-0.3, -0.25) is 4.79 Å². The second-order valence-corrected chi connectivity index (χ2v) is 5.51. The van der Waals surface area contributed by atoms with Crippen LogP contribution in [0.25, 0.3) is 0 Å². The van der Waals surface area contributed by atoms with Crippen LogP contribution in [-0.4, -0.2) is 19.6 Å². The van der Waals surface area contributed by atoms with Crippen LogP contribution >= 0.6 is 11.8 Å². The molecule has 0 saturated heterocycles. The fourth-order valence-electron chi connectivity index (χ4n) is 1.82. The molecule has 0 spiro atoms. The molecule has 0 aliphatic rings. The molecule has 5 heteroatoms. The van der Waals surface area contributed by atoms with Gasteiger partial charge in [0.1, 0.15) is 5.75 Å². The Balaban J connectivity index is 2.15. The van der Waals surface area contributed by atoms with Gasteiger partial charge in [0.05, 0.1) is 7.11 Å². The van der Waals surface area contributed by atoms with E-state index < -0.39 is 0 Å². The summed E-state index contributed by atoms with van der Waals surface area (Å²) in [4.78, 5) is 13.7. The molecule has 2 aromatic carbocycles. The van der Waals surface area contributed by atoms with Crippen LogP contribution in [-0.2, 0) is 0 Å². The first kappa shape index (κ1) is 15.3. The predicted molar refractivity (Wildman–Crippen MR) is 86.0 cm³/mol. The summed E-state index contributed by atoms with van der Waals surface area (Å²) in [5, 5.41) is 2.76. The van der Waals surface area contributed by atoms with Gasteiger partial charge >= 0.3 is 0 Å². The molecular weight excluding hydrogens is 284 g/mol. The van der Waals surface area contributed by atoms with Crippen molar-refractivity contribution >= 4 is 23.4 Å². The van der Waals surface area contributed by atoms with Crippen LogP contribution in [0.4, 0.5) is 5.69 Å². The topological polar surface area (TPSA) is 64.3 Å². The van der Waals surface area contributed by atoms with E-state index in [0.717, 1.165) is 15.5 Å². The lowest BCUT2D eigenvalue weighted by Crippen LogP contribution is -2.22. The number of hydrogen-bond donors (Lipinski definition) is 2. The van der Waals surface area contributed by atoms with Gasteiger partial charge in [-0.05, 0) is 49.4 Å². The quantitative estimate of drug-likeness (QED) is 0.833. The van der Waals surface area contributed by atoms with Crippen LogP contribution in [0.2, 0.25) is 0 Å². The lowest BCUT2D eigenvalue weighted by atomic mass is 10.2. The van der Waals surface area contributed by atoms with Gasteiger partial charge < -0.3 is 15.8 Å². The summed E-state index contributed by atoms with van der Waals surface area (Å²) in [5.74, 6) is 0.712. The highest BCUT2D eigenvalue weighted by Gasteiger charge is 2.08. The molecule has 0 bridgehead atoms. The van der Waals surface area contributed by atoms with Crippen LogP contribution in [0, 0.1) is 0 Å². The number of carbonyl (C=O) groups excluding carboxylic acids is 1. The fourth-order valence-corrected chi connectivity index (χ4v) is 2.65. The molecule has 0 saturated carbocycles. The van der Waals surface area contributed by atoms with E-state index in [0.29, 0.717) is 17.8 Å². The molecule has 0 aliphatic carbocycles. The van der Waals surface area contributed by atoms with Crippen molar-refractivity contribution in [1.29, 1.82) is 0 Å². The van der Waals surface area contributed by atoms with Crippen molar-refractivity contribution in [1.82, 2.24) is 5.32 Å². The number of amides is 1. The third-order valence-corrected chi connectivity index (χ3v) is 4.00. The maximum absolute atomic E-state index is 11.7. The van der Waals surface area contributed by atoms with Crippen molar-refractivity contribution in [2.75, 3.05) is 19.4 Å². The van der Waals surface area contributed by atoms with Crippen LogP contribution in [0.1, 0.15) is 17.3 Å². The van der Waals surface area contributed by atoms with Gasteiger partial charge in [0.25, 0.3) is 5.91 Å². The molecule has 0 heterocycles. The SMILES string of the molecule is CCNC(=O)c1ccc(Sc2ccc(OC)cc2)c(N)c1. The monoisotopic (exact) mass is 302 g/mol. The third kappa shape index (κ3) is 3.92. The summed E-state index contributed by atoms with van der Waals surface area (Å²) < 4.78 is 5.13. The van der Waals surface area contributed by atoms with Gasteiger partial charge in [0.2, 0.25) is 0 Å². The minimum atomic E-state index is -0.106. The van der Waals surface area contributed by atoms with Crippen LogP contribution < -0.4 is 15.8 Å². The number of benzene rings is 2. The molecule has 0 radical (unpaired) electrons. The maximum atomic E-state index is 11.7. The van der Waals surface area contributed by atoms with Crippen molar-refractivity contribution in [3.63, 3.8) is 0 Å². The predicted octanol–water partition coefficient (Wildman–Crippen LogP) is 3.18. The molecule has 2 rings (SSSR count). The van der Waals surface area contributed by atoms with E-state index >= 15 is 0 Å². The van der Waals surface area contributed by atoms with Crippen LogP contribution in [0.15, 0.2) is 52.3 Å². The van der Waals surface area contributed by atoms with Crippen molar-refractivity contribution in [3.05, 3.63) is 48.0 Å². The zero-order valence-corrected chi connectivity index (χ0v) is 12.9. The van der Waals surface area contributed by atoms with Gasteiger partial charge in [-0.2, -0.15) is 0 Å². The highest BCUT2D eigenvalue weighted by Crippen LogP contribution is 2.33. The number of hydrogen-bond acceptors (Lipinski definition) is 4. The summed E-state index contributed by atoms with van der Waals surface area (Å²) in [6.07, 6.45) is 0. The smallest absolute Gasteiger partial charge is 0.251 e. The van der Waals surface area contributed by atoms with Gasteiger partial charge in [-0.15, -0.1) is 0 Å². The summed E-state index contributed by atoms with van der Waals surface area (Å²) in [6.45, 7) is 2.48. The van der Waals surface area contributed by atoms with E-state index in [2.05, 4.69) is 5.32 Å². The van der Waals surface area contributed by atoms with Crippen molar-refractivity contribution < 1.29 is 9.53 Å². The molecule has 1 amide bonds. The number of anilines is 1. The average molecular weight is 302 g/mol. The van der Waals surface area contributed by atoms with Gasteiger partial charge in [-0.1, -0.05) is 11.8 Å². The zero-order chi connectivity index (χ0) is 15.2. The highest BCUT2D eigenvalue weighted by atomic mass is 32.2. The number of nitrogens with two attached hydrogens (primary N) is 1. The lowest BCUT2D eigenvalue weighted by molar-refractivity contribution is 0.0956. The second-order valence-electron chi connectivity index (χ2n) is 4.39. The number of rotatable bonds is 5. The first-order valence-electron chi connectivity index (χ1n) is 6.63. The zero-order valence-electron chi connectivity index (χ0n) is 12.1. The molecular formula is C16H18N2O2S. The van der Waals surface area contributed by atoms with E-state index in [9.17, 15) is 4.79 Å². The first-order valence-corrected chi connectivity index (χ1v) is 7.45. The molecule has 2 aromatic rings. The fraction of sp³-hybridized carbons (Fsp3) is 0.188. The largest absolute Gasteiger partial charge is 0.497 e. The number of nitrogen functional groups attached to an aromatic ring is 1. The van der Waals surface area contributed by atoms with Crippen LogP contribution in [0.5, 0.6) is 5.75 Å². The number of ether oxygens (including phenoxy) is 1. The Bertz CT molecular complexity index is 627. The summed E-state index contributed by atoms with van der Waals surface area (Å²) in [6, 6.07) is 13.1. The molecule has 0 aliphatic heterocycles. The van der Waals surface area contributed by atoms with E-state index in [1.165, 1.54) is 0 Å². The Morgan fingerprint density at radius 1 is 1.24 bits per heavy atom. The Morgan fingerprint density at radius 2 is 1.95 bits per heavy atom. The van der Waals surface area contributed by atoms with Crippen molar-refractivity contribution in [2.24, 2.45) is 0 Å². The lowest BCUT2D eigenvalue weighted by Gasteiger charge is -2.08. The minimum absolute atomic E-state index is 0.106. The Labute approximate surface area is 128 Å². The number of methoxy groups -OCH3 is 1. The van der Waals surface area contributed by atoms with E-state index in [1.807, 2.05) is 37.3 Å². The van der Waals surface area contributed by atoms with E-state index in [4.69, 9.17) is 10.5 Å². The summed E-state index contributed by atoms with van der Waals surface area (Å²) in [5.41, 5.74) is 7.21. The van der Waals surface area contributed by atoms with Crippen molar-refractivity contribution in [3.8, 4) is 5.75 Å². The normalized spacial score (nSPS) is 10.2. The van der Waals surface area contributed by atoms with E-state index in [-0.39, 0.29) is 5.91 Å². The molecule has 0 unspecified atom stereocenters. The molecule has 110 valence electrons. The first-order chi connectivity index (χ1) is 10.1. The maximum Gasteiger partial charge on any atom is 0.251 e. The molecule has 4 nitrogen and oxygen atoms in total. The standard InChI is InChI=1S/C16H18N2O2S/c1-3-18-16(19)11-4-9-15(14(17)10-11)21-13-7-5-12(20-2)6-8-13/h4-10H,3,17H2,1-2H3,(H,18,19). The summed E-state index contributed by atoms with van der Waals surface area (Å²) in [7, 11) is 1.64. The number of carbonyl (C=O) groups is 1. The van der Waals surface area contributed by atoms with Gasteiger partial charge in [0, 0.05) is 27.6 Å². The Morgan fingerprint density at radius 3 is 2.52 bits per heavy atom. The second kappa shape index (κ2) is 7.04. The van der Waals surface area contributed by atoms with Crippen molar-refractivity contribution in [2.45, 2.75) is 16.7 Å².